The number of carbonyl (C=O) groups excluding carboxylic acids is 3. The Balaban J connectivity index is 2.08. The molecule has 0 aromatic heterocycles. The molecule has 3 aliphatic rings. The van der Waals surface area contributed by atoms with Gasteiger partial charge in [-0.05, 0) is 41.9 Å². The monoisotopic (exact) mass is 392 g/mol. The quantitative estimate of drug-likeness (QED) is 0.417. The lowest BCUT2D eigenvalue weighted by Crippen LogP contribution is -2.61. The van der Waals surface area contributed by atoms with Crippen molar-refractivity contribution in [3.05, 3.63) is 12.2 Å². The third-order valence-electron chi connectivity index (χ3n) is 7.82. The summed E-state index contributed by atoms with van der Waals surface area (Å²) in [6.45, 7) is 6.36. The van der Waals surface area contributed by atoms with Crippen molar-refractivity contribution in [1.82, 2.24) is 0 Å². The molecule has 6 heteroatoms. The first-order valence-electron chi connectivity index (χ1n) is 10.0. The van der Waals surface area contributed by atoms with Gasteiger partial charge >= 0.3 is 11.9 Å². The fourth-order valence-electron chi connectivity index (χ4n) is 6.72. The van der Waals surface area contributed by atoms with E-state index >= 15 is 0 Å². The molecule has 0 radical (unpaired) electrons. The second-order valence-electron chi connectivity index (χ2n) is 9.39. The third kappa shape index (κ3) is 2.75. The first-order chi connectivity index (χ1) is 13.1. The lowest BCUT2D eigenvalue weighted by molar-refractivity contribution is -0.185. The van der Waals surface area contributed by atoms with Crippen molar-refractivity contribution in [1.29, 1.82) is 0 Å². The van der Waals surface area contributed by atoms with Crippen molar-refractivity contribution in [2.75, 3.05) is 21.3 Å². The van der Waals surface area contributed by atoms with E-state index in [-0.39, 0.29) is 42.0 Å². The molecule has 3 rings (SSSR count). The smallest absolute Gasteiger partial charge is 0.323 e. The highest BCUT2D eigenvalue weighted by molar-refractivity contribution is 6.05. The van der Waals surface area contributed by atoms with E-state index < -0.39 is 22.8 Å². The van der Waals surface area contributed by atoms with Crippen molar-refractivity contribution in [2.45, 2.75) is 52.6 Å². The molecular weight excluding hydrogens is 360 g/mol. The van der Waals surface area contributed by atoms with Crippen LogP contribution in [0.3, 0.4) is 0 Å². The Morgan fingerprint density at radius 2 is 1.71 bits per heavy atom. The van der Waals surface area contributed by atoms with E-state index in [1.54, 1.807) is 7.11 Å². The van der Waals surface area contributed by atoms with Crippen LogP contribution in [0.1, 0.15) is 46.5 Å². The predicted octanol–water partition coefficient (Wildman–Crippen LogP) is 2.94. The largest absolute Gasteiger partial charge is 0.468 e. The van der Waals surface area contributed by atoms with Crippen molar-refractivity contribution in [3.8, 4) is 0 Å². The van der Waals surface area contributed by atoms with E-state index in [9.17, 15) is 14.4 Å². The van der Waals surface area contributed by atoms with Gasteiger partial charge < -0.3 is 14.2 Å². The van der Waals surface area contributed by atoms with Crippen LogP contribution in [-0.4, -0.2) is 45.2 Å². The second-order valence-corrected chi connectivity index (χ2v) is 9.39. The zero-order chi connectivity index (χ0) is 20.9. The molecular formula is C22H32O6. The van der Waals surface area contributed by atoms with Crippen LogP contribution >= 0.6 is 0 Å². The number of hydrogen-bond acceptors (Lipinski definition) is 6. The molecule has 28 heavy (non-hydrogen) atoms. The normalized spacial score (nSPS) is 41.6. The second kappa shape index (κ2) is 6.97. The predicted molar refractivity (Wildman–Crippen MR) is 102 cm³/mol. The summed E-state index contributed by atoms with van der Waals surface area (Å²) in [4.78, 5) is 38.8. The van der Waals surface area contributed by atoms with Gasteiger partial charge in [-0.2, -0.15) is 0 Å². The average Bonchev–Trinajstić information content (AvgIpc) is 2.65. The molecule has 2 saturated carbocycles. The van der Waals surface area contributed by atoms with Crippen molar-refractivity contribution < 1.29 is 28.6 Å². The number of rotatable bonds is 3. The summed E-state index contributed by atoms with van der Waals surface area (Å²) in [5.74, 6) is -1.17. The summed E-state index contributed by atoms with van der Waals surface area (Å²) in [5.41, 5.74) is -2.41. The lowest BCUT2D eigenvalue weighted by Gasteiger charge is -2.60. The number of carbonyl (C=O) groups is 3. The van der Waals surface area contributed by atoms with Gasteiger partial charge in [-0.1, -0.05) is 32.9 Å². The molecule has 6 nitrogen and oxygen atoms in total. The van der Waals surface area contributed by atoms with E-state index in [2.05, 4.69) is 26.0 Å². The Bertz CT molecular complexity index is 696. The first-order valence-corrected chi connectivity index (χ1v) is 10.0. The van der Waals surface area contributed by atoms with E-state index in [4.69, 9.17) is 14.2 Å². The number of fused-ring (bicyclic) bond motifs is 3. The van der Waals surface area contributed by atoms with Crippen LogP contribution in [0.25, 0.3) is 0 Å². The minimum Gasteiger partial charge on any atom is -0.468 e. The molecule has 0 aromatic rings. The van der Waals surface area contributed by atoms with Crippen LogP contribution < -0.4 is 0 Å². The average molecular weight is 392 g/mol. The molecule has 156 valence electrons. The van der Waals surface area contributed by atoms with Gasteiger partial charge in [-0.3, -0.25) is 14.4 Å². The Morgan fingerprint density at radius 3 is 2.25 bits per heavy atom. The van der Waals surface area contributed by atoms with Gasteiger partial charge in [0.15, 0.2) is 5.41 Å². The standard InChI is InChI=1S/C22H32O6/c1-13-14-7-9-20(2)12-22(18(24)27-5,19(25)28-6)11-15(23)17(20)21(14,3)10-8-16(13)26-4/h7,9,13-14,16-17H,8,10-12H2,1-6H3/t13-,14-,16-,17+,20+,21-/m1/s1. The number of allylic oxidation sites excluding steroid dienone is 2. The van der Waals surface area contributed by atoms with E-state index in [0.29, 0.717) is 5.92 Å². The maximum atomic E-state index is 13.5. The van der Waals surface area contributed by atoms with Crippen LogP contribution in [0.4, 0.5) is 0 Å². The summed E-state index contributed by atoms with van der Waals surface area (Å²) in [6, 6.07) is 0. The van der Waals surface area contributed by atoms with Gasteiger partial charge in [0.1, 0.15) is 5.78 Å². The molecule has 0 bridgehead atoms. The number of esters is 2. The fourth-order valence-corrected chi connectivity index (χ4v) is 6.72. The molecule has 0 aliphatic heterocycles. The van der Waals surface area contributed by atoms with Gasteiger partial charge in [0.05, 0.1) is 20.3 Å². The van der Waals surface area contributed by atoms with Crippen LogP contribution in [0.5, 0.6) is 0 Å². The maximum Gasteiger partial charge on any atom is 0.323 e. The highest BCUT2D eigenvalue weighted by Gasteiger charge is 2.66. The Labute approximate surface area is 167 Å². The van der Waals surface area contributed by atoms with Crippen molar-refractivity contribution >= 4 is 17.7 Å². The van der Waals surface area contributed by atoms with Gasteiger partial charge in [0, 0.05) is 19.4 Å². The highest BCUT2D eigenvalue weighted by atomic mass is 16.5. The van der Waals surface area contributed by atoms with Crippen LogP contribution in [-0.2, 0) is 28.6 Å². The van der Waals surface area contributed by atoms with E-state index in [1.807, 2.05) is 6.92 Å². The molecule has 0 amide bonds. The number of Topliss-reactive ketones (excluding diaryl/α,β-unsaturated/α-hetero) is 1. The summed E-state index contributed by atoms with van der Waals surface area (Å²) < 4.78 is 15.5. The molecule has 0 aromatic carbocycles. The molecule has 0 unspecified atom stereocenters. The minimum atomic E-state index is -1.57. The first kappa shape index (κ1) is 21.0. The Kier molecular flexibility index (Phi) is 5.24. The van der Waals surface area contributed by atoms with E-state index in [1.165, 1.54) is 14.2 Å². The molecule has 0 spiro atoms. The lowest BCUT2D eigenvalue weighted by atomic mass is 9.43. The van der Waals surface area contributed by atoms with Gasteiger partial charge in [-0.25, -0.2) is 0 Å². The molecule has 0 saturated heterocycles. The van der Waals surface area contributed by atoms with Gasteiger partial charge in [0.25, 0.3) is 0 Å². The zero-order valence-electron chi connectivity index (χ0n) is 17.7. The number of ether oxygens (including phenoxy) is 3. The summed E-state index contributed by atoms with van der Waals surface area (Å²) in [5, 5.41) is 0. The molecule has 0 heterocycles. The SMILES string of the molecule is COC(=O)C1(C(=O)OC)CC(=O)[C@@H]2[C@]3(C)CC[C@@H](OC)[C@H](C)[C@H]3C=C[C@@]2(C)C1. The molecule has 0 N–H and O–H groups in total. The minimum absolute atomic E-state index is 0.0514. The number of ketones is 1. The Hall–Kier alpha value is -1.69. The third-order valence-corrected chi connectivity index (χ3v) is 7.82. The summed E-state index contributed by atoms with van der Waals surface area (Å²) in [6.07, 6.45) is 6.25. The van der Waals surface area contributed by atoms with Gasteiger partial charge in [0.2, 0.25) is 0 Å². The summed E-state index contributed by atoms with van der Waals surface area (Å²) >= 11 is 0. The molecule has 2 fully saturated rings. The number of hydrogen-bond donors (Lipinski definition) is 0. The molecule has 3 aliphatic carbocycles. The van der Waals surface area contributed by atoms with E-state index in [0.717, 1.165) is 12.8 Å². The van der Waals surface area contributed by atoms with Crippen LogP contribution in [0.2, 0.25) is 0 Å². The molecule has 6 atom stereocenters. The van der Waals surface area contributed by atoms with Crippen LogP contribution in [0.15, 0.2) is 12.2 Å². The summed E-state index contributed by atoms with van der Waals surface area (Å²) in [7, 11) is 4.23. The fraction of sp³-hybridized carbons (Fsp3) is 0.773. The van der Waals surface area contributed by atoms with Crippen LogP contribution in [0, 0.1) is 34.0 Å². The van der Waals surface area contributed by atoms with Crippen molar-refractivity contribution in [3.63, 3.8) is 0 Å². The topological polar surface area (TPSA) is 78.9 Å². The van der Waals surface area contributed by atoms with Gasteiger partial charge in [-0.15, -0.1) is 0 Å². The van der Waals surface area contributed by atoms with Crippen molar-refractivity contribution in [2.24, 2.45) is 34.0 Å². The Morgan fingerprint density at radius 1 is 1.11 bits per heavy atom. The number of methoxy groups -OCH3 is 3. The maximum absolute atomic E-state index is 13.5. The zero-order valence-corrected chi connectivity index (χ0v) is 17.7. The highest BCUT2D eigenvalue weighted by Crippen LogP contribution is 2.64.